The second-order valence-corrected chi connectivity index (χ2v) is 7.86. The number of amides is 1. The van der Waals surface area contributed by atoms with Crippen molar-refractivity contribution in [3.8, 4) is 0 Å². The van der Waals surface area contributed by atoms with Gasteiger partial charge in [0, 0.05) is 32.7 Å². The Hall–Kier alpha value is -1.31. The van der Waals surface area contributed by atoms with E-state index in [1.165, 1.54) is 17.5 Å². The molecule has 6 heteroatoms. The highest BCUT2D eigenvalue weighted by molar-refractivity contribution is 14.0. The molecular formula is C21H33IN4O. The van der Waals surface area contributed by atoms with Crippen LogP contribution < -0.4 is 5.32 Å². The van der Waals surface area contributed by atoms with Crippen LogP contribution in [0.2, 0.25) is 0 Å². The molecule has 0 spiro atoms. The molecule has 0 aliphatic carbocycles. The van der Waals surface area contributed by atoms with E-state index in [2.05, 4.69) is 54.2 Å². The number of halogens is 1. The fourth-order valence-corrected chi connectivity index (χ4v) is 4.21. The van der Waals surface area contributed by atoms with Gasteiger partial charge in [-0.2, -0.15) is 0 Å². The molecule has 2 aliphatic rings. The molecule has 1 aromatic carbocycles. The van der Waals surface area contributed by atoms with E-state index in [9.17, 15) is 4.79 Å². The van der Waals surface area contributed by atoms with Gasteiger partial charge < -0.3 is 15.1 Å². The molecule has 2 unspecified atom stereocenters. The molecule has 1 aromatic rings. The molecule has 0 aromatic heterocycles. The number of hydrogen-bond acceptors (Lipinski definition) is 2. The Morgan fingerprint density at radius 2 is 1.81 bits per heavy atom. The van der Waals surface area contributed by atoms with Crippen molar-refractivity contribution in [1.29, 1.82) is 0 Å². The SMILES string of the molecule is CCNC(=NCC(=O)N1CCc2ccccc2C1)N1CC(C)CC(C)C1.I. The number of carbonyl (C=O) groups excluding carboxylic acids is 1. The fraction of sp³-hybridized carbons (Fsp3) is 0.619. The minimum Gasteiger partial charge on any atom is -0.357 e. The third-order valence-corrected chi connectivity index (χ3v) is 5.35. The van der Waals surface area contributed by atoms with E-state index in [0.29, 0.717) is 18.4 Å². The predicted octanol–water partition coefficient (Wildman–Crippen LogP) is 3.13. The van der Waals surface area contributed by atoms with E-state index in [-0.39, 0.29) is 36.4 Å². The Kier molecular flexibility index (Phi) is 8.38. The third-order valence-electron chi connectivity index (χ3n) is 5.35. The zero-order valence-electron chi connectivity index (χ0n) is 16.8. The number of rotatable bonds is 3. The molecule has 5 nitrogen and oxygen atoms in total. The lowest BCUT2D eigenvalue weighted by Crippen LogP contribution is -2.49. The largest absolute Gasteiger partial charge is 0.357 e. The van der Waals surface area contributed by atoms with Gasteiger partial charge in [0.15, 0.2) is 5.96 Å². The Morgan fingerprint density at radius 3 is 2.48 bits per heavy atom. The molecular weight excluding hydrogens is 451 g/mol. The van der Waals surface area contributed by atoms with Crippen LogP contribution >= 0.6 is 24.0 Å². The highest BCUT2D eigenvalue weighted by atomic mass is 127. The van der Waals surface area contributed by atoms with Gasteiger partial charge in [0.1, 0.15) is 6.54 Å². The third kappa shape index (κ3) is 5.83. The summed E-state index contributed by atoms with van der Waals surface area (Å²) in [5.41, 5.74) is 2.63. The second-order valence-electron chi connectivity index (χ2n) is 7.86. The lowest BCUT2D eigenvalue weighted by Gasteiger charge is -2.37. The Morgan fingerprint density at radius 1 is 1.15 bits per heavy atom. The number of nitrogens with zero attached hydrogens (tertiary/aromatic N) is 3. The Balaban J connectivity index is 0.00000261. The highest BCUT2D eigenvalue weighted by Crippen LogP contribution is 2.21. The van der Waals surface area contributed by atoms with Crippen molar-refractivity contribution in [2.75, 3.05) is 32.7 Å². The summed E-state index contributed by atoms with van der Waals surface area (Å²) in [7, 11) is 0. The van der Waals surface area contributed by atoms with Crippen molar-refractivity contribution in [3.63, 3.8) is 0 Å². The van der Waals surface area contributed by atoms with Crippen molar-refractivity contribution >= 4 is 35.8 Å². The van der Waals surface area contributed by atoms with Crippen LogP contribution in [0.15, 0.2) is 29.3 Å². The van der Waals surface area contributed by atoms with Crippen LogP contribution in [0.5, 0.6) is 0 Å². The molecule has 2 aliphatic heterocycles. The standard InChI is InChI=1S/C21H32N4O.HI/c1-4-22-21(25-13-16(2)11-17(3)14-25)23-12-20(26)24-10-9-18-7-5-6-8-19(18)15-24;/h5-8,16-17H,4,9-15H2,1-3H3,(H,22,23);1H. The number of fused-ring (bicyclic) bond motifs is 1. The average molecular weight is 484 g/mol. The Bertz CT molecular complexity index is 653. The normalized spacial score (nSPS) is 22.7. The van der Waals surface area contributed by atoms with Crippen molar-refractivity contribution in [1.82, 2.24) is 15.1 Å². The first-order valence-corrected chi connectivity index (χ1v) is 9.94. The molecule has 150 valence electrons. The molecule has 1 saturated heterocycles. The summed E-state index contributed by atoms with van der Waals surface area (Å²) in [6, 6.07) is 8.41. The minimum absolute atomic E-state index is 0. The van der Waals surface area contributed by atoms with E-state index < -0.39 is 0 Å². The zero-order chi connectivity index (χ0) is 18.5. The molecule has 1 fully saturated rings. The van der Waals surface area contributed by atoms with E-state index in [4.69, 9.17) is 0 Å². The van der Waals surface area contributed by atoms with E-state index in [1.807, 2.05) is 11.0 Å². The smallest absolute Gasteiger partial charge is 0.244 e. The summed E-state index contributed by atoms with van der Waals surface area (Å²) < 4.78 is 0. The zero-order valence-corrected chi connectivity index (χ0v) is 19.1. The van der Waals surface area contributed by atoms with E-state index in [1.54, 1.807) is 0 Å². The maximum atomic E-state index is 12.7. The maximum absolute atomic E-state index is 12.7. The molecule has 27 heavy (non-hydrogen) atoms. The van der Waals surface area contributed by atoms with Gasteiger partial charge in [0.2, 0.25) is 5.91 Å². The average Bonchev–Trinajstić information content (AvgIpc) is 2.63. The first kappa shape index (κ1) is 22.0. The monoisotopic (exact) mass is 484 g/mol. The number of nitrogens with one attached hydrogen (secondary N) is 1. The van der Waals surface area contributed by atoms with Gasteiger partial charge in [0.25, 0.3) is 0 Å². The second kappa shape index (κ2) is 10.3. The van der Waals surface area contributed by atoms with Gasteiger partial charge in [-0.15, -0.1) is 24.0 Å². The van der Waals surface area contributed by atoms with Crippen LogP contribution in [0.4, 0.5) is 0 Å². The summed E-state index contributed by atoms with van der Waals surface area (Å²) in [5, 5.41) is 3.37. The molecule has 1 N–H and O–H groups in total. The number of hydrogen-bond donors (Lipinski definition) is 1. The molecule has 0 radical (unpaired) electrons. The first-order valence-electron chi connectivity index (χ1n) is 9.94. The molecule has 0 bridgehead atoms. The lowest BCUT2D eigenvalue weighted by atomic mass is 9.92. The molecule has 0 saturated carbocycles. The van der Waals surface area contributed by atoms with Crippen molar-refractivity contribution in [2.45, 2.75) is 40.2 Å². The number of piperidine rings is 1. The molecule has 3 rings (SSSR count). The van der Waals surface area contributed by atoms with E-state index >= 15 is 0 Å². The van der Waals surface area contributed by atoms with Crippen LogP contribution in [-0.2, 0) is 17.8 Å². The summed E-state index contributed by atoms with van der Waals surface area (Å²) in [5.74, 6) is 2.33. The van der Waals surface area contributed by atoms with Gasteiger partial charge in [-0.1, -0.05) is 38.1 Å². The molecule has 2 atom stereocenters. The van der Waals surface area contributed by atoms with Crippen LogP contribution in [-0.4, -0.2) is 54.4 Å². The van der Waals surface area contributed by atoms with Crippen molar-refractivity contribution in [2.24, 2.45) is 16.8 Å². The highest BCUT2D eigenvalue weighted by Gasteiger charge is 2.25. The minimum atomic E-state index is 0. The topological polar surface area (TPSA) is 47.9 Å². The summed E-state index contributed by atoms with van der Waals surface area (Å²) in [4.78, 5) is 21.6. The summed E-state index contributed by atoms with van der Waals surface area (Å²) in [6.45, 7) is 11.2. The van der Waals surface area contributed by atoms with Gasteiger partial charge in [-0.3, -0.25) is 4.79 Å². The van der Waals surface area contributed by atoms with Gasteiger partial charge in [-0.25, -0.2) is 4.99 Å². The molecule has 2 heterocycles. The summed E-state index contributed by atoms with van der Waals surface area (Å²) in [6.07, 6.45) is 2.20. The number of benzene rings is 1. The first-order chi connectivity index (χ1) is 12.6. The quantitative estimate of drug-likeness (QED) is 0.408. The maximum Gasteiger partial charge on any atom is 0.244 e. The number of carbonyl (C=O) groups is 1. The fourth-order valence-electron chi connectivity index (χ4n) is 4.21. The van der Waals surface area contributed by atoms with Crippen LogP contribution in [0.1, 0.15) is 38.3 Å². The number of likely N-dealkylation sites (tertiary alicyclic amines) is 1. The van der Waals surface area contributed by atoms with Crippen LogP contribution in [0, 0.1) is 11.8 Å². The van der Waals surface area contributed by atoms with Gasteiger partial charge >= 0.3 is 0 Å². The number of aliphatic imine (C=N–C) groups is 1. The van der Waals surface area contributed by atoms with Crippen LogP contribution in [0.25, 0.3) is 0 Å². The molecule has 1 amide bonds. The van der Waals surface area contributed by atoms with E-state index in [0.717, 1.165) is 38.6 Å². The lowest BCUT2D eigenvalue weighted by molar-refractivity contribution is -0.130. The van der Waals surface area contributed by atoms with Crippen LogP contribution in [0.3, 0.4) is 0 Å². The predicted molar refractivity (Wildman–Crippen MR) is 121 cm³/mol. The summed E-state index contributed by atoms with van der Waals surface area (Å²) >= 11 is 0. The van der Waals surface area contributed by atoms with Gasteiger partial charge in [0.05, 0.1) is 0 Å². The number of guanidine groups is 1. The van der Waals surface area contributed by atoms with Crippen molar-refractivity contribution < 1.29 is 4.79 Å². The van der Waals surface area contributed by atoms with Gasteiger partial charge in [-0.05, 0) is 42.7 Å². The Labute approximate surface area is 180 Å². The van der Waals surface area contributed by atoms with Crippen molar-refractivity contribution in [3.05, 3.63) is 35.4 Å².